The molecule has 1 fully saturated rings. The number of fused-ring (bicyclic) bond motifs is 1. The van der Waals surface area contributed by atoms with Crippen LogP contribution in [0.3, 0.4) is 0 Å². The van der Waals surface area contributed by atoms with Crippen molar-refractivity contribution in [2.75, 3.05) is 44.7 Å². The van der Waals surface area contributed by atoms with Gasteiger partial charge in [0.15, 0.2) is 0 Å². The number of benzene rings is 2. The van der Waals surface area contributed by atoms with Crippen LogP contribution in [0.15, 0.2) is 55.0 Å². The highest BCUT2D eigenvalue weighted by molar-refractivity contribution is 5.84. The van der Waals surface area contributed by atoms with E-state index in [4.69, 9.17) is 10.00 Å². The van der Waals surface area contributed by atoms with Crippen molar-refractivity contribution < 1.29 is 9.13 Å². The molecular formula is C28H29FN6O. The van der Waals surface area contributed by atoms with E-state index in [1.54, 1.807) is 18.5 Å². The van der Waals surface area contributed by atoms with Crippen LogP contribution < -0.4 is 9.64 Å². The van der Waals surface area contributed by atoms with Crippen molar-refractivity contribution in [3.63, 3.8) is 0 Å². The molecule has 0 saturated carbocycles. The average molecular weight is 485 g/mol. The van der Waals surface area contributed by atoms with Crippen molar-refractivity contribution in [1.82, 2.24) is 19.9 Å². The van der Waals surface area contributed by atoms with Gasteiger partial charge in [-0.2, -0.15) is 5.26 Å². The van der Waals surface area contributed by atoms with Crippen LogP contribution in [0.4, 0.5) is 10.3 Å². The number of nitriles is 1. The lowest BCUT2D eigenvalue weighted by Gasteiger charge is -2.34. The first-order valence-electron chi connectivity index (χ1n) is 12.3. The third-order valence-electron chi connectivity index (χ3n) is 6.83. The van der Waals surface area contributed by atoms with E-state index in [-0.39, 0.29) is 5.82 Å². The quantitative estimate of drug-likeness (QED) is 0.362. The summed E-state index contributed by atoms with van der Waals surface area (Å²) >= 11 is 0. The first-order valence-corrected chi connectivity index (χ1v) is 12.3. The molecule has 0 spiro atoms. The third kappa shape index (κ3) is 5.16. The molecule has 36 heavy (non-hydrogen) atoms. The smallest absolute Gasteiger partial charge is 0.225 e. The Kier molecular flexibility index (Phi) is 7.10. The second kappa shape index (κ2) is 10.8. The lowest BCUT2D eigenvalue weighted by atomic mass is 10.1. The van der Waals surface area contributed by atoms with Crippen molar-refractivity contribution in [2.24, 2.45) is 0 Å². The average Bonchev–Trinajstić information content (AvgIpc) is 3.33. The first-order chi connectivity index (χ1) is 17.6. The minimum atomic E-state index is -0.335. The Hall–Kier alpha value is -3.96. The molecule has 7 nitrogen and oxygen atoms in total. The van der Waals surface area contributed by atoms with Crippen molar-refractivity contribution in [3.8, 4) is 22.9 Å². The molecule has 1 saturated heterocycles. The van der Waals surface area contributed by atoms with Crippen LogP contribution >= 0.6 is 0 Å². The number of rotatable bonds is 8. The molecule has 0 atom stereocenters. The zero-order valence-electron chi connectivity index (χ0n) is 20.4. The molecule has 1 aliphatic rings. The maximum Gasteiger partial charge on any atom is 0.225 e. The van der Waals surface area contributed by atoms with Crippen molar-refractivity contribution in [1.29, 1.82) is 5.26 Å². The molecule has 8 heteroatoms. The van der Waals surface area contributed by atoms with Crippen molar-refractivity contribution in [3.05, 3.63) is 71.9 Å². The van der Waals surface area contributed by atoms with Gasteiger partial charge in [-0.05, 0) is 61.7 Å². The lowest BCUT2D eigenvalue weighted by Crippen LogP contribution is -2.47. The molecule has 2 aromatic heterocycles. The van der Waals surface area contributed by atoms with Gasteiger partial charge in [0.05, 0.1) is 18.7 Å². The van der Waals surface area contributed by atoms with E-state index in [9.17, 15) is 4.39 Å². The predicted molar refractivity (Wildman–Crippen MR) is 139 cm³/mol. The highest BCUT2D eigenvalue weighted by Crippen LogP contribution is 2.30. The Morgan fingerprint density at radius 3 is 2.61 bits per heavy atom. The molecule has 1 N–H and O–H groups in total. The molecule has 0 radical (unpaired) electrons. The van der Waals surface area contributed by atoms with Crippen LogP contribution in [0.1, 0.15) is 24.0 Å². The van der Waals surface area contributed by atoms with E-state index >= 15 is 0 Å². The Morgan fingerprint density at radius 2 is 1.86 bits per heavy atom. The summed E-state index contributed by atoms with van der Waals surface area (Å²) in [6, 6.07) is 12.5. The molecule has 3 heterocycles. The minimum absolute atomic E-state index is 0.335. The monoisotopic (exact) mass is 484 g/mol. The first kappa shape index (κ1) is 23.8. The Labute approximate surface area is 210 Å². The standard InChI is InChI=1S/C28H29FN6O/c1-36-27-15-23(29)6-7-24(27)22-18-32-28(33-19-22)35-12-10-34(11-13-35)9-3-2-4-21-17-31-26-8-5-20(16-30)14-25(21)26/h5-8,14-15,17-19,31H,2-4,9-13H2,1H3. The second-order valence-corrected chi connectivity index (χ2v) is 9.09. The van der Waals surface area contributed by atoms with Gasteiger partial charge in [0, 0.05) is 72.9 Å². The van der Waals surface area contributed by atoms with E-state index in [0.29, 0.717) is 11.3 Å². The Morgan fingerprint density at radius 1 is 1.06 bits per heavy atom. The summed E-state index contributed by atoms with van der Waals surface area (Å²) in [6.07, 6.45) is 8.87. The fourth-order valence-corrected chi connectivity index (χ4v) is 4.80. The lowest BCUT2D eigenvalue weighted by molar-refractivity contribution is 0.252. The molecule has 0 amide bonds. The normalized spacial score (nSPS) is 14.2. The summed E-state index contributed by atoms with van der Waals surface area (Å²) in [5.41, 5.74) is 4.65. The molecular weight excluding hydrogens is 455 g/mol. The minimum Gasteiger partial charge on any atom is -0.496 e. The number of H-pyrrole nitrogens is 1. The molecule has 0 aliphatic carbocycles. The fourth-order valence-electron chi connectivity index (χ4n) is 4.80. The van der Waals surface area contributed by atoms with Crippen molar-refractivity contribution in [2.45, 2.75) is 19.3 Å². The maximum absolute atomic E-state index is 13.5. The number of hydrogen-bond donors (Lipinski definition) is 1. The summed E-state index contributed by atoms with van der Waals surface area (Å²) in [6.45, 7) is 4.81. The summed E-state index contributed by atoms with van der Waals surface area (Å²) in [7, 11) is 1.53. The van der Waals surface area contributed by atoms with Gasteiger partial charge in [0.25, 0.3) is 0 Å². The van der Waals surface area contributed by atoms with Gasteiger partial charge in [0.1, 0.15) is 11.6 Å². The van der Waals surface area contributed by atoms with Gasteiger partial charge in [-0.15, -0.1) is 0 Å². The highest BCUT2D eigenvalue weighted by atomic mass is 19.1. The molecule has 2 aromatic carbocycles. The second-order valence-electron chi connectivity index (χ2n) is 9.09. The summed E-state index contributed by atoms with van der Waals surface area (Å²) in [4.78, 5) is 17.2. The summed E-state index contributed by atoms with van der Waals surface area (Å²) < 4.78 is 18.8. The van der Waals surface area contributed by atoms with Crippen LogP contribution in [0.25, 0.3) is 22.0 Å². The van der Waals surface area contributed by atoms with Gasteiger partial charge in [-0.3, -0.25) is 4.90 Å². The number of halogens is 1. The van der Waals surface area contributed by atoms with Crippen molar-refractivity contribution >= 4 is 16.9 Å². The Bertz CT molecular complexity index is 1370. The number of nitrogens with zero attached hydrogens (tertiary/aromatic N) is 5. The van der Waals surface area contributed by atoms with E-state index in [0.717, 1.165) is 80.0 Å². The highest BCUT2D eigenvalue weighted by Gasteiger charge is 2.19. The number of anilines is 1. The van der Waals surface area contributed by atoms with E-state index in [1.807, 2.05) is 18.2 Å². The van der Waals surface area contributed by atoms with Gasteiger partial charge in [0.2, 0.25) is 5.95 Å². The number of methoxy groups -OCH3 is 1. The van der Waals surface area contributed by atoms with Crippen LogP contribution in [0.2, 0.25) is 0 Å². The molecule has 0 unspecified atom stereocenters. The molecule has 5 rings (SSSR count). The summed E-state index contributed by atoms with van der Waals surface area (Å²) in [5, 5.41) is 10.3. The zero-order valence-corrected chi connectivity index (χ0v) is 20.4. The fraction of sp³-hybridized carbons (Fsp3) is 0.321. The predicted octanol–water partition coefficient (Wildman–Crippen LogP) is 4.79. The Balaban J connectivity index is 1.09. The van der Waals surface area contributed by atoms with E-state index < -0.39 is 0 Å². The zero-order chi connectivity index (χ0) is 24.9. The SMILES string of the molecule is COc1cc(F)ccc1-c1cnc(N2CCN(CCCCc3c[nH]c4ccc(C#N)cc34)CC2)nc1. The van der Waals surface area contributed by atoms with E-state index in [1.165, 1.54) is 24.8 Å². The number of hydrogen-bond acceptors (Lipinski definition) is 6. The number of aromatic nitrogens is 3. The third-order valence-corrected chi connectivity index (χ3v) is 6.83. The maximum atomic E-state index is 13.5. The van der Waals surface area contributed by atoms with Crippen LogP contribution in [0, 0.1) is 17.1 Å². The number of aromatic amines is 1. The molecule has 184 valence electrons. The van der Waals surface area contributed by atoms with Gasteiger partial charge >= 0.3 is 0 Å². The van der Waals surface area contributed by atoms with Crippen LogP contribution in [-0.4, -0.2) is 59.7 Å². The number of ether oxygens (including phenoxy) is 1. The largest absolute Gasteiger partial charge is 0.496 e. The number of aryl methyl sites for hydroxylation is 1. The van der Waals surface area contributed by atoms with Gasteiger partial charge in [-0.1, -0.05) is 0 Å². The number of unbranched alkanes of at least 4 members (excludes halogenated alkanes) is 1. The van der Waals surface area contributed by atoms with Gasteiger partial charge in [-0.25, -0.2) is 14.4 Å². The van der Waals surface area contributed by atoms with Crippen LogP contribution in [0.5, 0.6) is 5.75 Å². The topological polar surface area (TPSA) is 81.1 Å². The molecule has 1 aliphatic heterocycles. The van der Waals surface area contributed by atoms with Crippen LogP contribution in [-0.2, 0) is 6.42 Å². The summed E-state index contributed by atoms with van der Waals surface area (Å²) in [5.74, 6) is 0.852. The molecule has 0 bridgehead atoms. The molecule has 4 aromatic rings. The van der Waals surface area contributed by atoms with E-state index in [2.05, 4.69) is 37.0 Å². The number of piperazine rings is 1. The van der Waals surface area contributed by atoms with Gasteiger partial charge < -0.3 is 14.6 Å². The number of nitrogens with one attached hydrogen (secondary N) is 1.